The topological polar surface area (TPSA) is 49.7 Å². The third kappa shape index (κ3) is 4.06. The third-order valence-electron chi connectivity index (χ3n) is 5.17. The molecule has 148 valence electrons. The summed E-state index contributed by atoms with van der Waals surface area (Å²) in [6.45, 7) is 4.20. The van der Waals surface area contributed by atoms with Gasteiger partial charge in [-0.25, -0.2) is 8.42 Å². The summed E-state index contributed by atoms with van der Waals surface area (Å²) in [6, 6.07) is 11.3. The lowest BCUT2D eigenvalue weighted by Gasteiger charge is -2.27. The predicted octanol–water partition coefficient (Wildman–Crippen LogP) is 4.89. The van der Waals surface area contributed by atoms with E-state index in [2.05, 4.69) is 32.0 Å². The quantitative estimate of drug-likeness (QED) is 0.662. The van der Waals surface area contributed by atoms with Gasteiger partial charge in [-0.2, -0.15) is 0 Å². The standard InChI is InChI=1S/C20H20Cl2N2O2S2/c1-12-3-4-14(5-13(12)2)9-27-20-23-18-10-28(25,26)11-19(18)24(20)17-7-15(21)6-16(22)8-17/h3-8,18-19H,9-11H2,1-2H3/t18-,19-/m1/s1. The van der Waals surface area contributed by atoms with E-state index in [0.717, 1.165) is 16.6 Å². The molecule has 28 heavy (non-hydrogen) atoms. The molecule has 0 aliphatic carbocycles. The van der Waals surface area contributed by atoms with Crippen LogP contribution >= 0.6 is 35.0 Å². The Hall–Kier alpha value is -1.21. The molecular formula is C20H20Cl2N2O2S2. The molecule has 2 aromatic carbocycles. The second kappa shape index (κ2) is 7.56. The van der Waals surface area contributed by atoms with Crippen LogP contribution in [0, 0.1) is 13.8 Å². The van der Waals surface area contributed by atoms with Gasteiger partial charge in [-0.15, -0.1) is 0 Å². The van der Waals surface area contributed by atoms with E-state index in [-0.39, 0.29) is 23.6 Å². The van der Waals surface area contributed by atoms with E-state index in [1.807, 2.05) is 17.0 Å². The minimum atomic E-state index is -3.09. The van der Waals surface area contributed by atoms with Crippen molar-refractivity contribution in [3.8, 4) is 0 Å². The Bertz CT molecular complexity index is 1050. The summed E-state index contributed by atoms with van der Waals surface area (Å²) in [7, 11) is -3.09. The van der Waals surface area contributed by atoms with Gasteiger partial charge in [0.15, 0.2) is 15.0 Å². The van der Waals surface area contributed by atoms with E-state index in [4.69, 9.17) is 28.2 Å². The van der Waals surface area contributed by atoms with Gasteiger partial charge in [-0.3, -0.25) is 4.99 Å². The van der Waals surface area contributed by atoms with Gasteiger partial charge in [0.2, 0.25) is 0 Å². The highest BCUT2D eigenvalue weighted by Gasteiger charge is 2.47. The van der Waals surface area contributed by atoms with Crippen LogP contribution in [0.3, 0.4) is 0 Å². The molecule has 0 unspecified atom stereocenters. The maximum atomic E-state index is 12.2. The Labute approximate surface area is 179 Å². The number of aryl methyl sites for hydroxylation is 2. The van der Waals surface area contributed by atoms with Crippen molar-refractivity contribution >= 4 is 55.7 Å². The fourth-order valence-electron chi connectivity index (χ4n) is 3.65. The van der Waals surface area contributed by atoms with Crippen LogP contribution < -0.4 is 4.90 Å². The molecule has 2 heterocycles. The summed E-state index contributed by atoms with van der Waals surface area (Å²) in [6.07, 6.45) is 0. The second-order valence-corrected chi connectivity index (χ2v) is 11.3. The van der Waals surface area contributed by atoms with Gasteiger partial charge in [-0.1, -0.05) is 53.2 Å². The number of sulfone groups is 1. The Morgan fingerprint density at radius 1 is 1.07 bits per heavy atom. The van der Waals surface area contributed by atoms with Gasteiger partial charge < -0.3 is 4.90 Å². The number of aliphatic imine (C=N–C) groups is 1. The summed E-state index contributed by atoms with van der Waals surface area (Å²) in [5, 5.41) is 1.86. The highest BCUT2D eigenvalue weighted by Crippen LogP contribution is 2.38. The smallest absolute Gasteiger partial charge is 0.164 e. The van der Waals surface area contributed by atoms with Crippen LogP contribution in [-0.2, 0) is 15.6 Å². The van der Waals surface area contributed by atoms with Crippen molar-refractivity contribution in [3.05, 3.63) is 63.1 Å². The molecule has 0 N–H and O–H groups in total. The predicted molar refractivity (Wildman–Crippen MR) is 120 cm³/mol. The number of anilines is 1. The fraction of sp³-hybridized carbons (Fsp3) is 0.350. The van der Waals surface area contributed by atoms with Crippen molar-refractivity contribution in [2.45, 2.75) is 31.7 Å². The number of nitrogens with zero attached hydrogens (tertiary/aromatic N) is 2. The van der Waals surface area contributed by atoms with E-state index in [9.17, 15) is 8.42 Å². The van der Waals surface area contributed by atoms with Crippen LogP contribution in [0.1, 0.15) is 16.7 Å². The first-order valence-electron chi connectivity index (χ1n) is 8.94. The van der Waals surface area contributed by atoms with E-state index < -0.39 is 9.84 Å². The molecule has 2 aliphatic heterocycles. The zero-order valence-corrected chi connectivity index (χ0v) is 18.7. The molecule has 8 heteroatoms. The van der Waals surface area contributed by atoms with Gasteiger partial charge in [0.05, 0.1) is 23.6 Å². The number of rotatable bonds is 3. The highest BCUT2D eigenvalue weighted by atomic mass is 35.5. The van der Waals surface area contributed by atoms with Gasteiger partial charge in [0, 0.05) is 21.5 Å². The van der Waals surface area contributed by atoms with E-state index >= 15 is 0 Å². The van der Waals surface area contributed by atoms with Crippen LogP contribution in [0.5, 0.6) is 0 Å². The molecule has 0 amide bonds. The van der Waals surface area contributed by atoms with Crippen molar-refractivity contribution in [3.63, 3.8) is 0 Å². The monoisotopic (exact) mass is 454 g/mol. The number of hydrogen-bond acceptors (Lipinski definition) is 5. The lowest BCUT2D eigenvalue weighted by atomic mass is 10.1. The molecule has 0 radical (unpaired) electrons. The van der Waals surface area contributed by atoms with Gasteiger partial charge in [0.25, 0.3) is 0 Å². The van der Waals surface area contributed by atoms with Crippen molar-refractivity contribution in [1.82, 2.24) is 0 Å². The number of hydrogen-bond donors (Lipinski definition) is 0. The summed E-state index contributed by atoms with van der Waals surface area (Å²) in [5.74, 6) is 0.951. The average molecular weight is 455 g/mol. The van der Waals surface area contributed by atoms with Crippen LogP contribution in [-0.4, -0.2) is 37.2 Å². The fourth-order valence-corrected chi connectivity index (χ4v) is 7.08. The van der Waals surface area contributed by atoms with Crippen molar-refractivity contribution in [2.24, 2.45) is 4.99 Å². The van der Waals surface area contributed by atoms with Crippen molar-refractivity contribution in [1.29, 1.82) is 0 Å². The number of thioether (sulfide) groups is 1. The van der Waals surface area contributed by atoms with E-state index in [1.165, 1.54) is 16.7 Å². The van der Waals surface area contributed by atoms with Crippen LogP contribution in [0.25, 0.3) is 0 Å². The summed E-state index contributed by atoms with van der Waals surface area (Å²) in [4.78, 5) is 6.76. The average Bonchev–Trinajstić information content (AvgIpc) is 3.06. The first-order valence-corrected chi connectivity index (χ1v) is 12.5. The first-order chi connectivity index (χ1) is 13.2. The Kier molecular flexibility index (Phi) is 5.42. The minimum Gasteiger partial charge on any atom is -0.315 e. The Morgan fingerprint density at radius 3 is 2.46 bits per heavy atom. The normalized spacial score (nSPS) is 23.0. The molecule has 0 bridgehead atoms. The summed E-state index contributed by atoms with van der Waals surface area (Å²) >= 11 is 14.0. The first kappa shape index (κ1) is 20.1. The number of fused-ring (bicyclic) bond motifs is 1. The van der Waals surface area contributed by atoms with Gasteiger partial charge in [-0.05, 0) is 48.7 Å². The number of halogens is 2. The highest BCUT2D eigenvalue weighted by molar-refractivity contribution is 8.13. The third-order valence-corrected chi connectivity index (χ3v) is 8.35. The largest absolute Gasteiger partial charge is 0.315 e. The minimum absolute atomic E-state index is 0.0934. The van der Waals surface area contributed by atoms with Crippen molar-refractivity contribution in [2.75, 3.05) is 16.4 Å². The molecule has 4 rings (SSSR count). The summed E-state index contributed by atoms with van der Waals surface area (Å²) in [5.41, 5.74) is 4.52. The van der Waals surface area contributed by atoms with E-state index in [0.29, 0.717) is 10.0 Å². The Morgan fingerprint density at radius 2 is 1.79 bits per heavy atom. The van der Waals surface area contributed by atoms with Crippen molar-refractivity contribution < 1.29 is 8.42 Å². The molecule has 0 saturated carbocycles. The molecular weight excluding hydrogens is 435 g/mol. The SMILES string of the molecule is Cc1ccc(CSC2=N[C@@H]3CS(=O)(=O)C[C@H]3N2c2cc(Cl)cc(Cl)c2)cc1C. The molecule has 1 fully saturated rings. The number of amidine groups is 1. The van der Waals surface area contributed by atoms with Gasteiger partial charge in [0.1, 0.15) is 0 Å². The molecule has 2 aliphatic rings. The molecule has 0 aromatic heterocycles. The van der Waals surface area contributed by atoms with Crippen LogP contribution in [0.15, 0.2) is 41.4 Å². The molecule has 4 nitrogen and oxygen atoms in total. The van der Waals surface area contributed by atoms with Crippen LogP contribution in [0.4, 0.5) is 5.69 Å². The molecule has 0 spiro atoms. The second-order valence-electron chi connectivity index (χ2n) is 7.33. The molecule has 1 saturated heterocycles. The van der Waals surface area contributed by atoms with E-state index in [1.54, 1.807) is 17.8 Å². The Balaban J connectivity index is 1.64. The summed E-state index contributed by atoms with van der Waals surface area (Å²) < 4.78 is 24.3. The lowest BCUT2D eigenvalue weighted by molar-refractivity contribution is 0.601. The zero-order chi connectivity index (χ0) is 20.1. The number of benzene rings is 2. The molecule has 2 aromatic rings. The zero-order valence-electron chi connectivity index (χ0n) is 15.5. The maximum absolute atomic E-state index is 12.2. The lowest BCUT2D eigenvalue weighted by Crippen LogP contribution is -2.39. The molecule has 2 atom stereocenters. The maximum Gasteiger partial charge on any atom is 0.164 e. The van der Waals surface area contributed by atoms with Gasteiger partial charge >= 0.3 is 0 Å². The van der Waals surface area contributed by atoms with Crippen LogP contribution in [0.2, 0.25) is 10.0 Å².